The molecule has 0 spiro atoms. The average molecular weight is 628 g/mol. The van der Waals surface area contributed by atoms with Crippen LogP contribution in [0, 0.1) is 6.92 Å². The van der Waals surface area contributed by atoms with Gasteiger partial charge in [0, 0.05) is 18.5 Å². The summed E-state index contributed by atoms with van der Waals surface area (Å²) < 4.78 is 34.9. The lowest BCUT2D eigenvalue weighted by Gasteiger charge is -2.35. The summed E-state index contributed by atoms with van der Waals surface area (Å²) in [7, 11) is -2.77. The van der Waals surface area contributed by atoms with Crippen molar-refractivity contribution in [2.45, 2.75) is 57.1 Å². The molecule has 1 N–H and O–H groups in total. The van der Waals surface area contributed by atoms with E-state index in [1.807, 2.05) is 82.3 Å². The number of ether oxygens (including phenoxy) is 1. The minimum absolute atomic E-state index is 0.0279. The zero-order valence-corrected chi connectivity index (χ0v) is 27.3. The average Bonchev–Trinajstić information content (AvgIpc) is 3.02. The minimum atomic E-state index is -4.22. The number of anilines is 1. The van der Waals surface area contributed by atoms with Crippen molar-refractivity contribution in [1.29, 1.82) is 0 Å². The van der Waals surface area contributed by atoms with Crippen LogP contribution < -0.4 is 14.4 Å². The first-order chi connectivity index (χ1) is 21.4. The van der Waals surface area contributed by atoms with Gasteiger partial charge in [0.1, 0.15) is 18.3 Å². The van der Waals surface area contributed by atoms with Crippen molar-refractivity contribution in [3.63, 3.8) is 0 Å². The van der Waals surface area contributed by atoms with Crippen LogP contribution in [0.3, 0.4) is 0 Å². The van der Waals surface area contributed by atoms with Crippen molar-refractivity contribution in [3.8, 4) is 5.75 Å². The molecule has 0 heterocycles. The third-order valence-electron chi connectivity index (χ3n) is 7.21. The van der Waals surface area contributed by atoms with Gasteiger partial charge < -0.3 is 15.0 Å². The minimum Gasteiger partial charge on any atom is -0.495 e. The number of sulfonamides is 1. The Bertz CT molecular complexity index is 1690. The first-order valence-corrected chi connectivity index (χ1v) is 16.2. The van der Waals surface area contributed by atoms with Crippen molar-refractivity contribution in [3.05, 3.63) is 126 Å². The molecule has 0 aliphatic carbocycles. The largest absolute Gasteiger partial charge is 0.495 e. The number of nitrogens with zero attached hydrogens (tertiary/aromatic N) is 2. The van der Waals surface area contributed by atoms with Crippen molar-refractivity contribution in [2.75, 3.05) is 18.0 Å². The molecule has 4 rings (SSSR count). The molecule has 9 heteroatoms. The normalized spacial score (nSPS) is 12.2. The van der Waals surface area contributed by atoms with Gasteiger partial charge in [-0.15, -0.1) is 0 Å². The Balaban J connectivity index is 1.83. The number of amides is 2. The number of aryl methyl sites for hydroxylation is 1. The van der Waals surface area contributed by atoms with Gasteiger partial charge in [0.25, 0.3) is 10.0 Å². The summed E-state index contributed by atoms with van der Waals surface area (Å²) in [5.41, 5.74) is 2.38. The molecule has 1 atom stereocenters. The molecular weight excluding hydrogens is 586 g/mol. The van der Waals surface area contributed by atoms with Crippen LogP contribution in [0.25, 0.3) is 0 Å². The number of rotatable bonds is 12. The topological polar surface area (TPSA) is 96.0 Å². The highest BCUT2D eigenvalue weighted by Crippen LogP contribution is 2.32. The molecule has 0 aromatic heterocycles. The standard InChI is InChI=1S/C36H41N3O5S/c1-27-20-22-29(23-21-27)25-38(32(35(41)37-36(2,3)4)24-28-14-8-6-9-15-28)34(40)26-39(31-18-12-13-19-33(31)44-5)45(42,43)30-16-10-7-11-17-30/h6-23,32H,24-26H2,1-5H3,(H,37,41)/t32-/m1/s1. The van der Waals surface area contributed by atoms with Crippen molar-refractivity contribution < 1.29 is 22.7 Å². The number of carbonyl (C=O) groups is 2. The van der Waals surface area contributed by atoms with Crippen LogP contribution in [-0.4, -0.2) is 50.4 Å². The van der Waals surface area contributed by atoms with E-state index in [2.05, 4.69) is 5.32 Å². The van der Waals surface area contributed by atoms with E-state index in [4.69, 9.17) is 4.74 Å². The van der Waals surface area contributed by atoms with Gasteiger partial charge in [0.15, 0.2) is 0 Å². The van der Waals surface area contributed by atoms with E-state index >= 15 is 0 Å². The Hall–Kier alpha value is -4.63. The van der Waals surface area contributed by atoms with Crippen LogP contribution >= 0.6 is 0 Å². The predicted molar refractivity (Wildman–Crippen MR) is 178 cm³/mol. The number of nitrogens with one attached hydrogen (secondary N) is 1. The highest BCUT2D eigenvalue weighted by Gasteiger charge is 2.36. The summed E-state index contributed by atoms with van der Waals surface area (Å²) in [4.78, 5) is 30.1. The highest BCUT2D eigenvalue weighted by molar-refractivity contribution is 7.92. The number of hydrogen-bond donors (Lipinski definition) is 1. The number of benzene rings is 4. The molecule has 0 aliphatic rings. The molecule has 4 aromatic rings. The zero-order valence-electron chi connectivity index (χ0n) is 26.4. The lowest BCUT2D eigenvalue weighted by atomic mass is 10.0. The quantitative estimate of drug-likeness (QED) is 0.216. The number of para-hydroxylation sites is 2. The Morgan fingerprint density at radius 3 is 1.98 bits per heavy atom. The highest BCUT2D eigenvalue weighted by atomic mass is 32.2. The Morgan fingerprint density at radius 1 is 0.800 bits per heavy atom. The maximum absolute atomic E-state index is 14.6. The summed E-state index contributed by atoms with van der Waals surface area (Å²) in [6.45, 7) is 7.16. The monoisotopic (exact) mass is 627 g/mol. The fraction of sp³-hybridized carbons (Fsp3) is 0.278. The molecule has 0 radical (unpaired) electrons. The van der Waals surface area contributed by atoms with Gasteiger partial charge in [-0.2, -0.15) is 0 Å². The summed E-state index contributed by atoms with van der Waals surface area (Å²) in [6.07, 6.45) is 0.237. The lowest BCUT2D eigenvalue weighted by molar-refractivity contribution is -0.140. The van der Waals surface area contributed by atoms with E-state index in [9.17, 15) is 18.0 Å². The van der Waals surface area contributed by atoms with Crippen molar-refractivity contribution in [1.82, 2.24) is 10.2 Å². The van der Waals surface area contributed by atoms with Crippen LogP contribution in [0.2, 0.25) is 0 Å². The Morgan fingerprint density at radius 2 is 1.38 bits per heavy atom. The van der Waals surface area contributed by atoms with Gasteiger partial charge >= 0.3 is 0 Å². The molecule has 2 amide bonds. The second-order valence-corrected chi connectivity index (χ2v) is 13.8. The van der Waals surface area contributed by atoms with Crippen molar-refractivity contribution in [2.24, 2.45) is 0 Å². The van der Waals surface area contributed by atoms with Crippen LogP contribution in [0.5, 0.6) is 5.75 Å². The first kappa shape index (κ1) is 33.3. The maximum atomic E-state index is 14.6. The Labute approximate surface area is 266 Å². The second kappa shape index (κ2) is 14.4. The van der Waals surface area contributed by atoms with E-state index in [0.717, 1.165) is 21.0 Å². The number of carbonyl (C=O) groups excluding carboxylic acids is 2. The molecule has 0 bridgehead atoms. The van der Waals surface area contributed by atoms with Gasteiger partial charge in [-0.25, -0.2) is 8.42 Å². The molecule has 0 aliphatic heterocycles. The lowest BCUT2D eigenvalue weighted by Crippen LogP contribution is -2.56. The number of hydrogen-bond acceptors (Lipinski definition) is 5. The summed E-state index contributed by atoms with van der Waals surface area (Å²) in [6, 6.07) is 30.9. The molecule has 236 valence electrons. The van der Waals surface area contributed by atoms with Crippen LogP contribution in [0.15, 0.2) is 114 Å². The van der Waals surface area contributed by atoms with E-state index in [0.29, 0.717) is 5.75 Å². The van der Waals surface area contributed by atoms with Crippen LogP contribution in [-0.2, 0) is 32.6 Å². The molecule has 0 unspecified atom stereocenters. The van der Waals surface area contributed by atoms with E-state index in [-0.39, 0.29) is 29.5 Å². The van der Waals surface area contributed by atoms with E-state index < -0.39 is 34.1 Å². The fourth-order valence-electron chi connectivity index (χ4n) is 4.97. The molecular formula is C36H41N3O5S. The SMILES string of the molecule is COc1ccccc1N(CC(=O)N(Cc1ccc(C)cc1)[C@H](Cc1ccccc1)C(=O)NC(C)(C)C)S(=O)(=O)c1ccccc1. The van der Waals surface area contributed by atoms with Crippen LogP contribution in [0.1, 0.15) is 37.5 Å². The Kier molecular flexibility index (Phi) is 10.7. The molecule has 0 fully saturated rings. The maximum Gasteiger partial charge on any atom is 0.264 e. The van der Waals surface area contributed by atoms with Gasteiger partial charge in [-0.05, 0) is 63.1 Å². The summed E-state index contributed by atoms with van der Waals surface area (Å²) in [5.74, 6) is -0.575. The van der Waals surface area contributed by atoms with E-state index in [1.54, 1.807) is 42.5 Å². The third kappa shape index (κ3) is 8.73. The summed E-state index contributed by atoms with van der Waals surface area (Å²) >= 11 is 0. The second-order valence-electron chi connectivity index (χ2n) is 11.9. The zero-order chi connectivity index (χ0) is 32.6. The molecule has 8 nitrogen and oxygen atoms in total. The predicted octanol–water partition coefficient (Wildman–Crippen LogP) is 5.75. The molecule has 45 heavy (non-hydrogen) atoms. The van der Waals surface area contributed by atoms with Gasteiger partial charge in [0.2, 0.25) is 11.8 Å². The smallest absolute Gasteiger partial charge is 0.264 e. The van der Waals surface area contributed by atoms with Crippen LogP contribution in [0.4, 0.5) is 5.69 Å². The fourth-order valence-corrected chi connectivity index (χ4v) is 6.41. The van der Waals surface area contributed by atoms with Crippen molar-refractivity contribution >= 4 is 27.5 Å². The first-order valence-electron chi connectivity index (χ1n) is 14.8. The molecule has 0 saturated heterocycles. The van der Waals surface area contributed by atoms with Gasteiger partial charge in [-0.3, -0.25) is 13.9 Å². The molecule has 0 saturated carbocycles. The summed E-state index contributed by atoms with van der Waals surface area (Å²) in [5, 5.41) is 3.04. The molecule has 4 aromatic carbocycles. The van der Waals surface area contributed by atoms with Gasteiger partial charge in [0.05, 0.1) is 17.7 Å². The van der Waals surface area contributed by atoms with E-state index in [1.165, 1.54) is 24.1 Å². The third-order valence-corrected chi connectivity index (χ3v) is 8.98. The number of methoxy groups -OCH3 is 1. The van der Waals surface area contributed by atoms with Gasteiger partial charge in [-0.1, -0.05) is 90.5 Å².